The number of rotatable bonds is 4. The molecule has 0 fully saturated rings. The van der Waals surface area contributed by atoms with Gasteiger partial charge in [-0.3, -0.25) is 0 Å². The van der Waals surface area contributed by atoms with Crippen LogP contribution in [-0.4, -0.2) is 12.0 Å². The van der Waals surface area contributed by atoms with Gasteiger partial charge in [-0.2, -0.15) is 0 Å². The Morgan fingerprint density at radius 1 is 1.19 bits per heavy atom. The fourth-order valence-corrected chi connectivity index (χ4v) is 3.63. The lowest BCUT2D eigenvalue weighted by Crippen LogP contribution is -2.24. The molecule has 0 aliphatic heterocycles. The molecule has 1 aromatic carbocycles. The smallest absolute Gasteiger partial charge is 0.0949 e. The average molecular weight is 302 g/mol. The van der Waals surface area contributed by atoms with Crippen LogP contribution in [0.1, 0.15) is 53.5 Å². The summed E-state index contributed by atoms with van der Waals surface area (Å²) < 4.78 is 0. The number of aryl methyl sites for hydroxylation is 2. The van der Waals surface area contributed by atoms with Crippen molar-refractivity contribution in [1.29, 1.82) is 0 Å². The van der Waals surface area contributed by atoms with Gasteiger partial charge in [0.1, 0.15) is 0 Å². The summed E-state index contributed by atoms with van der Waals surface area (Å²) in [6.45, 7) is 11.1. The van der Waals surface area contributed by atoms with Gasteiger partial charge in [0.15, 0.2) is 0 Å². The fraction of sp³-hybridized carbons (Fsp3) is 0.500. The lowest BCUT2D eigenvalue weighted by atomic mass is 9.81. The number of thiazole rings is 1. The number of hydrogen-bond acceptors (Lipinski definition) is 3. The Labute approximate surface area is 132 Å². The molecular formula is C18H26N2S. The van der Waals surface area contributed by atoms with Gasteiger partial charge in [0.2, 0.25) is 0 Å². The van der Waals surface area contributed by atoms with E-state index in [4.69, 9.17) is 4.98 Å². The minimum Gasteiger partial charge on any atom is -0.313 e. The maximum atomic E-state index is 4.69. The van der Waals surface area contributed by atoms with E-state index in [1.807, 2.05) is 18.4 Å². The zero-order valence-electron chi connectivity index (χ0n) is 13.9. The van der Waals surface area contributed by atoms with Crippen LogP contribution in [0.3, 0.4) is 0 Å². The Morgan fingerprint density at radius 3 is 2.38 bits per heavy atom. The van der Waals surface area contributed by atoms with Gasteiger partial charge in [-0.25, -0.2) is 4.98 Å². The number of aromatic nitrogens is 1. The second-order valence-electron chi connectivity index (χ2n) is 6.63. The summed E-state index contributed by atoms with van der Waals surface area (Å²) >= 11 is 1.81. The molecule has 21 heavy (non-hydrogen) atoms. The van der Waals surface area contributed by atoms with E-state index in [-0.39, 0.29) is 5.41 Å². The third kappa shape index (κ3) is 3.72. The molecular weight excluding hydrogens is 276 g/mol. The van der Waals surface area contributed by atoms with Gasteiger partial charge in [-0.1, -0.05) is 45.0 Å². The maximum Gasteiger partial charge on any atom is 0.0949 e. The zero-order valence-corrected chi connectivity index (χ0v) is 14.8. The predicted molar refractivity (Wildman–Crippen MR) is 92.2 cm³/mol. The highest BCUT2D eigenvalue weighted by Gasteiger charge is 2.22. The Kier molecular flexibility index (Phi) is 4.84. The fourth-order valence-electron chi connectivity index (χ4n) is 2.65. The van der Waals surface area contributed by atoms with Crippen molar-refractivity contribution in [3.8, 4) is 0 Å². The minimum atomic E-state index is 0.153. The predicted octanol–water partition coefficient (Wildman–Crippen LogP) is 4.56. The summed E-state index contributed by atoms with van der Waals surface area (Å²) in [7, 11) is 2.04. The highest BCUT2D eigenvalue weighted by molar-refractivity contribution is 7.11. The van der Waals surface area contributed by atoms with Crippen LogP contribution < -0.4 is 5.32 Å². The molecule has 0 aliphatic rings. The van der Waals surface area contributed by atoms with Crippen molar-refractivity contribution in [2.24, 2.45) is 0 Å². The molecule has 2 nitrogen and oxygen atoms in total. The zero-order chi connectivity index (χ0) is 15.6. The van der Waals surface area contributed by atoms with E-state index >= 15 is 0 Å². The average Bonchev–Trinajstić information content (AvgIpc) is 2.74. The number of likely N-dealkylation sites (N-methyl/N-ethyl adjacent to an activating group) is 1. The van der Waals surface area contributed by atoms with Gasteiger partial charge in [0.25, 0.3) is 0 Å². The molecule has 2 rings (SSSR count). The van der Waals surface area contributed by atoms with Crippen LogP contribution in [-0.2, 0) is 11.8 Å². The third-order valence-corrected chi connectivity index (χ3v) is 5.04. The summed E-state index contributed by atoms with van der Waals surface area (Å²) in [5, 5.41) is 4.69. The Hall–Kier alpha value is -1.19. The molecule has 1 aromatic heterocycles. The van der Waals surface area contributed by atoms with E-state index in [1.165, 1.54) is 21.0 Å². The molecule has 3 heteroatoms. The van der Waals surface area contributed by atoms with Crippen molar-refractivity contribution in [1.82, 2.24) is 10.3 Å². The molecule has 0 radical (unpaired) electrons. The SMILES string of the molecule is CNC(Cc1nc(C)c(C)s1)c1ccccc1C(C)(C)C. The van der Waals surface area contributed by atoms with Crippen molar-refractivity contribution >= 4 is 11.3 Å². The van der Waals surface area contributed by atoms with Crippen LogP contribution in [0.2, 0.25) is 0 Å². The highest BCUT2D eigenvalue weighted by Crippen LogP contribution is 2.31. The third-order valence-electron chi connectivity index (χ3n) is 3.94. The molecule has 0 saturated heterocycles. The van der Waals surface area contributed by atoms with Crippen molar-refractivity contribution in [3.05, 3.63) is 51.0 Å². The molecule has 0 aliphatic carbocycles. The van der Waals surface area contributed by atoms with Crippen LogP contribution in [0, 0.1) is 13.8 Å². The normalized spacial score (nSPS) is 13.4. The van der Waals surface area contributed by atoms with Crippen LogP contribution >= 0.6 is 11.3 Å². The van der Waals surface area contributed by atoms with Gasteiger partial charge < -0.3 is 5.32 Å². The number of hydrogen-bond donors (Lipinski definition) is 1. The summed E-state index contributed by atoms with van der Waals surface area (Å²) in [6.07, 6.45) is 0.947. The molecule has 114 valence electrons. The Balaban J connectivity index is 2.34. The van der Waals surface area contributed by atoms with Crippen LogP contribution in [0.15, 0.2) is 24.3 Å². The minimum absolute atomic E-state index is 0.153. The monoisotopic (exact) mass is 302 g/mol. The van der Waals surface area contributed by atoms with E-state index in [0.29, 0.717) is 6.04 Å². The summed E-state index contributed by atoms with van der Waals surface area (Å²) in [5.41, 5.74) is 4.11. The summed E-state index contributed by atoms with van der Waals surface area (Å²) in [4.78, 5) is 6.02. The van der Waals surface area contributed by atoms with E-state index in [0.717, 1.165) is 12.1 Å². The van der Waals surface area contributed by atoms with Gasteiger partial charge in [-0.05, 0) is 37.4 Å². The first-order valence-corrected chi connectivity index (χ1v) is 8.34. The molecule has 0 saturated carbocycles. The highest BCUT2D eigenvalue weighted by atomic mass is 32.1. The van der Waals surface area contributed by atoms with Crippen LogP contribution in [0.25, 0.3) is 0 Å². The number of benzene rings is 1. The van der Waals surface area contributed by atoms with Gasteiger partial charge >= 0.3 is 0 Å². The summed E-state index contributed by atoms with van der Waals surface area (Å²) in [6, 6.07) is 9.07. The molecule has 0 amide bonds. The van der Waals surface area contributed by atoms with Gasteiger partial charge in [-0.15, -0.1) is 11.3 Å². The quantitative estimate of drug-likeness (QED) is 0.895. The largest absolute Gasteiger partial charge is 0.313 e. The molecule has 1 atom stereocenters. The lowest BCUT2D eigenvalue weighted by molar-refractivity contribution is 0.538. The van der Waals surface area contributed by atoms with E-state index in [1.54, 1.807) is 0 Å². The van der Waals surface area contributed by atoms with E-state index in [2.05, 4.69) is 64.2 Å². The van der Waals surface area contributed by atoms with Gasteiger partial charge in [0.05, 0.1) is 10.7 Å². The van der Waals surface area contributed by atoms with E-state index < -0.39 is 0 Å². The maximum absolute atomic E-state index is 4.69. The topological polar surface area (TPSA) is 24.9 Å². The number of nitrogens with one attached hydrogen (secondary N) is 1. The lowest BCUT2D eigenvalue weighted by Gasteiger charge is -2.27. The molecule has 1 unspecified atom stereocenters. The van der Waals surface area contributed by atoms with Crippen LogP contribution in [0.4, 0.5) is 0 Å². The first kappa shape index (κ1) is 16.2. The van der Waals surface area contributed by atoms with Crippen molar-refractivity contribution in [3.63, 3.8) is 0 Å². The second kappa shape index (κ2) is 6.29. The second-order valence-corrected chi connectivity index (χ2v) is 7.92. The number of nitrogens with zero attached hydrogens (tertiary/aromatic N) is 1. The molecule has 0 spiro atoms. The first-order chi connectivity index (χ1) is 9.82. The molecule has 1 N–H and O–H groups in total. The molecule has 0 bridgehead atoms. The molecule has 2 aromatic rings. The Morgan fingerprint density at radius 2 is 1.86 bits per heavy atom. The van der Waals surface area contributed by atoms with Gasteiger partial charge in [0, 0.05) is 17.3 Å². The Bertz CT molecular complexity index is 588. The van der Waals surface area contributed by atoms with Crippen LogP contribution in [0.5, 0.6) is 0 Å². The van der Waals surface area contributed by atoms with E-state index in [9.17, 15) is 0 Å². The summed E-state index contributed by atoms with van der Waals surface area (Å²) in [5.74, 6) is 0. The molecule has 1 heterocycles. The first-order valence-electron chi connectivity index (χ1n) is 7.52. The van der Waals surface area contributed by atoms with Crippen molar-refractivity contribution in [2.75, 3.05) is 7.05 Å². The standard InChI is InChI=1S/C18H26N2S/c1-12-13(2)21-17(20-12)11-16(19-6)14-9-7-8-10-15(14)18(3,4)5/h7-10,16,19H,11H2,1-6H3. The van der Waals surface area contributed by atoms with Crippen molar-refractivity contribution in [2.45, 2.75) is 52.5 Å². The van der Waals surface area contributed by atoms with Crippen molar-refractivity contribution < 1.29 is 0 Å².